The van der Waals surface area contributed by atoms with Gasteiger partial charge in [0.25, 0.3) is 5.91 Å². The van der Waals surface area contributed by atoms with Crippen LogP contribution in [0.5, 0.6) is 5.75 Å². The molecule has 0 spiro atoms. The summed E-state index contributed by atoms with van der Waals surface area (Å²) >= 11 is 1.37. The fourth-order valence-corrected chi connectivity index (χ4v) is 8.39. The van der Waals surface area contributed by atoms with Crippen LogP contribution in [-0.2, 0) is 19.6 Å². The SMILES string of the molecule is CCCCC1(CCCC)CN(c2ccccc2)c2cc(SC)c(OCC(=O)NC(C(=O)NC(CC)C(O)O)c3ccccc3)cc2S(=O)(=O)N1. The maximum Gasteiger partial charge on any atom is 0.258 e. The van der Waals surface area contributed by atoms with Crippen molar-refractivity contribution in [2.24, 2.45) is 0 Å². The number of thioether (sulfide) groups is 1. The molecule has 3 aromatic carbocycles. The van der Waals surface area contributed by atoms with Crippen molar-refractivity contribution in [3.63, 3.8) is 0 Å². The van der Waals surface area contributed by atoms with Crippen molar-refractivity contribution in [3.8, 4) is 5.75 Å². The minimum Gasteiger partial charge on any atom is -0.483 e. The van der Waals surface area contributed by atoms with Gasteiger partial charge in [0.2, 0.25) is 15.9 Å². The first-order chi connectivity index (χ1) is 24.0. The van der Waals surface area contributed by atoms with E-state index >= 15 is 0 Å². The van der Waals surface area contributed by atoms with Gasteiger partial charge in [-0.05, 0) is 49.3 Å². The van der Waals surface area contributed by atoms with Gasteiger partial charge in [-0.25, -0.2) is 13.1 Å². The first kappa shape index (κ1) is 39.2. The quantitative estimate of drug-likeness (QED) is 0.0908. The Kier molecular flexibility index (Phi) is 14.1. The van der Waals surface area contributed by atoms with Crippen molar-refractivity contribution < 1.29 is 33.0 Å². The summed E-state index contributed by atoms with van der Waals surface area (Å²) in [5.74, 6) is -1.03. The molecule has 2 amide bonds. The molecule has 0 aliphatic carbocycles. The Morgan fingerprint density at radius 3 is 2.14 bits per heavy atom. The van der Waals surface area contributed by atoms with Crippen LogP contribution >= 0.6 is 11.8 Å². The Balaban J connectivity index is 1.68. The molecule has 1 heterocycles. The summed E-state index contributed by atoms with van der Waals surface area (Å²) in [6, 6.07) is 19.5. The van der Waals surface area contributed by atoms with Gasteiger partial charge in [-0.2, -0.15) is 0 Å². The lowest BCUT2D eigenvalue weighted by Crippen LogP contribution is -2.53. The van der Waals surface area contributed by atoms with E-state index in [0.29, 0.717) is 35.5 Å². The summed E-state index contributed by atoms with van der Waals surface area (Å²) in [5, 5.41) is 24.6. The number of nitrogens with zero attached hydrogens (tertiary/aromatic N) is 1. The molecule has 0 saturated heterocycles. The minimum absolute atomic E-state index is 0.0548. The van der Waals surface area contributed by atoms with Crippen molar-refractivity contribution >= 4 is 45.0 Å². The zero-order valence-corrected chi connectivity index (χ0v) is 30.9. The number of carbonyl (C=O) groups is 2. The number of ether oxygens (including phenoxy) is 1. The summed E-state index contributed by atoms with van der Waals surface area (Å²) < 4.78 is 37.7. The molecule has 11 nitrogen and oxygen atoms in total. The molecule has 0 fully saturated rings. The summed E-state index contributed by atoms with van der Waals surface area (Å²) in [6.45, 7) is 5.85. The van der Waals surface area contributed by atoms with Gasteiger partial charge < -0.3 is 30.5 Å². The van der Waals surface area contributed by atoms with E-state index in [1.165, 1.54) is 17.8 Å². The highest BCUT2D eigenvalue weighted by Crippen LogP contribution is 2.44. The summed E-state index contributed by atoms with van der Waals surface area (Å²) in [5.41, 5.74) is 1.19. The zero-order chi connectivity index (χ0) is 36.3. The van der Waals surface area contributed by atoms with Gasteiger partial charge >= 0.3 is 0 Å². The number of hydrogen-bond acceptors (Lipinski definition) is 9. The molecule has 3 aromatic rings. The number of rotatable bonds is 17. The van der Waals surface area contributed by atoms with E-state index in [-0.39, 0.29) is 17.1 Å². The molecule has 0 saturated carbocycles. The van der Waals surface area contributed by atoms with Crippen LogP contribution < -0.4 is 25.0 Å². The third-order valence-corrected chi connectivity index (χ3v) is 11.3. The van der Waals surface area contributed by atoms with Crippen molar-refractivity contribution in [1.29, 1.82) is 0 Å². The molecular formula is C37H50N4O7S2. The van der Waals surface area contributed by atoms with Gasteiger partial charge in [-0.1, -0.05) is 95.0 Å². The van der Waals surface area contributed by atoms with E-state index in [0.717, 1.165) is 31.4 Å². The molecule has 2 atom stereocenters. The van der Waals surface area contributed by atoms with Gasteiger partial charge in [0.05, 0.1) is 22.2 Å². The first-order valence-corrected chi connectivity index (χ1v) is 19.9. The minimum atomic E-state index is -4.04. The second kappa shape index (κ2) is 18.0. The zero-order valence-electron chi connectivity index (χ0n) is 29.2. The fraction of sp³-hybridized carbons (Fsp3) is 0.459. The molecule has 0 aromatic heterocycles. The highest BCUT2D eigenvalue weighted by molar-refractivity contribution is 7.98. The van der Waals surface area contributed by atoms with Crippen LogP contribution in [0.3, 0.4) is 0 Å². The number of aliphatic hydroxyl groups excluding tert-OH is 1. The fourth-order valence-electron chi connectivity index (χ4n) is 6.19. The van der Waals surface area contributed by atoms with Gasteiger partial charge in [0.15, 0.2) is 12.9 Å². The van der Waals surface area contributed by atoms with Gasteiger partial charge in [0.1, 0.15) is 16.7 Å². The smallest absolute Gasteiger partial charge is 0.258 e. The molecule has 50 heavy (non-hydrogen) atoms. The maximum absolute atomic E-state index is 14.3. The molecule has 1 aliphatic heterocycles. The van der Waals surface area contributed by atoms with Gasteiger partial charge in [0, 0.05) is 18.3 Å². The number of nitrogens with one attached hydrogen (secondary N) is 3. The molecule has 4 rings (SSSR count). The second-order valence-electron chi connectivity index (χ2n) is 12.6. The molecule has 0 radical (unpaired) electrons. The Morgan fingerprint density at radius 2 is 1.58 bits per heavy atom. The monoisotopic (exact) mass is 726 g/mol. The molecule has 13 heteroatoms. The Bertz CT molecular complexity index is 1670. The average Bonchev–Trinajstić information content (AvgIpc) is 3.21. The van der Waals surface area contributed by atoms with E-state index < -0.39 is 52.4 Å². The molecule has 1 aliphatic rings. The Labute approximate surface area is 300 Å². The Morgan fingerprint density at radius 1 is 0.960 bits per heavy atom. The molecule has 272 valence electrons. The van der Waals surface area contributed by atoms with Gasteiger partial charge in [-0.3, -0.25) is 9.59 Å². The number of anilines is 2. The molecule has 0 bridgehead atoms. The summed E-state index contributed by atoms with van der Waals surface area (Å²) in [6.07, 6.45) is 5.31. The van der Waals surface area contributed by atoms with Crippen LogP contribution in [0.2, 0.25) is 0 Å². The van der Waals surface area contributed by atoms with E-state index in [2.05, 4.69) is 34.1 Å². The normalized spacial score (nSPS) is 16.2. The van der Waals surface area contributed by atoms with Gasteiger partial charge in [-0.15, -0.1) is 11.8 Å². The number of hydrogen-bond donors (Lipinski definition) is 5. The number of aliphatic hydroxyl groups is 2. The summed E-state index contributed by atoms with van der Waals surface area (Å²) in [4.78, 5) is 29.4. The standard InChI is InChI=1S/C37H50N4O7S2/c1-5-8-20-37(21-9-6-2)25-41(27-18-14-11-15-19-27)29-22-31(49-4)30(23-32(29)50(46,47)40-37)48-24-33(42)39-34(26-16-12-10-13-17-26)35(43)38-28(7-3)36(44)45/h10-19,22-23,28,34,36,40,44-45H,5-9,20-21,24-25H2,1-4H3,(H,38,43)(H,39,42). The summed E-state index contributed by atoms with van der Waals surface area (Å²) in [7, 11) is -4.04. The van der Waals surface area contributed by atoms with Crippen molar-refractivity contribution in [2.45, 2.75) is 99.4 Å². The highest BCUT2D eigenvalue weighted by atomic mass is 32.2. The van der Waals surface area contributed by atoms with E-state index in [1.54, 1.807) is 43.3 Å². The highest BCUT2D eigenvalue weighted by Gasteiger charge is 2.42. The van der Waals surface area contributed by atoms with Crippen molar-refractivity contribution in [3.05, 3.63) is 78.4 Å². The van der Waals surface area contributed by atoms with Crippen LogP contribution in [0.1, 0.15) is 77.3 Å². The van der Waals surface area contributed by atoms with Crippen LogP contribution in [0.4, 0.5) is 11.4 Å². The number of carbonyl (C=O) groups excluding carboxylic acids is 2. The van der Waals surface area contributed by atoms with Crippen molar-refractivity contribution in [2.75, 3.05) is 24.3 Å². The van der Waals surface area contributed by atoms with E-state index in [4.69, 9.17) is 4.74 Å². The number of para-hydroxylation sites is 1. The largest absolute Gasteiger partial charge is 0.483 e. The van der Waals surface area contributed by atoms with E-state index in [9.17, 15) is 28.2 Å². The second-order valence-corrected chi connectivity index (χ2v) is 15.1. The predicted octanol–water partition coefficient (Wildman–Crippen LogP) is 5.40. The Hall–Kier alpha value is -3.62. The number of sulfonamides is 1. The third-order valence-electron chi connectivity index (χ3n) is 8.91. The number of unbranched alkanes of at least 4 members (excludes halogenated alkanes) is 2. The van der Waals surface area contributed by atoms with Crippen LogP contribution in [0.25, 0.3) is 0 Å². The van der Waals surface area contributed by atoms with Crippen molar-refractivity contribution in [1.82, 2.24) is 15.4 Å². The number of benzene rings is 3. The van der Waals surface area contributed by atoms with E-state index in [1.807, 2.05) is 36.6 Å². The van der Waals surface area contributed by atoms with Crippen LogP contribution in [-0.4, -0.2) is 67.7 Å². The lowest BCUT2D eigenvalue weighted by Gasteiger charge is -2.37. The first-order valence-electron chi connectivity index (χ1n) is 17.2. The average molecular weight is 727 g/mol. The maximum atomic E-state index is 14.3. The number of fused-ring (bicyclic) bond motifs is 1. The topological polar surface area (TPSA) is 157 Å². The molecular weight excluding hydrogens is 677 g/mol. The third kappa shape index (κ3) is 9.79. The van der Waals surface area contributed by atoms with Crippen LogP contribution in [0, 0.1) is 0 Å². The molecule has 2 unspecified atom stereocenters. The predicted molar refractivity (Wildman–Crippen MR) is 197 cm³/mol. The van der Waals surface area contributed by atoms with Crippen LogP contribution in [0.15, 0.2) is 82.6 Å². The lowest BCUT2D eigenvalue weighted by molar-refractivity contribution is -0.133. The number of amides is 2. The molecule has 5 N–H and O–H groups in total. The lowest BCUT2D eigenvalue weighted by atomic mass is 9.87.